The van der Waals surface area contributed by atoms with Crippen LogP contribution in [0.25, 0.3) is 0 Å². The zero-order valence-electron chi connectivity index (χ0n) is 11.1. The lowest BCUT2D eigenvalue weighted by Crippen LogP contribution is -2.05. The lowest BCUT2D eigenvalue weighted by Gasteiger charge is -2.05. The maximum Gasteiger partial charge on any atom is 0.166 e. The fourth-order valence-corrected chi connectivity index (χ4v) is 1.94. The number of benzene rings is 1. The normalized spacial score (nSPS) is 10.6. The summed E-state index contributed by atoms with van der Waals surface area (Å²) in [6.07, 6.45) is 2.20. The number of rotatable bonds is 4. The van der Waals surface area contributed by atoms with Crippen LogP contribution in [0.3, 0.4) is 0 Å². The summed E-state index contributed by atoms with van der Waals surface area (Å²) in [7, 11) is 0. The number of carbonyl (C=O) groups excluding carboxylic acids is 1. The number of aryl methyl sites for hydroxylation is 1. The van der Waals surface area contributed by atoms with Crippen LogP contribution in [0.15, 0.2) is 30.5 Å². The number of carbonyl (C=O) groups is 1. The van der Waals surface area contributed by atoms with Gasteiger partial charge in [-0.1, -0.05) is 36.8 Å². The van der Waals surface area contributed by atoms with Crippen molar-refractivity contribution in [2.75, 3.05) is 0 Å². The van der Waals surface area contributed by atoms with E-state index in [1.54, 1.807) is 6.20 Å². The molecule has 0 amide bonds. The van der Waals surface area contributed by atoms with Crippen molar-refractivity contribution in [1.82, 2.24) is 9.78 Å². The fourth-order valence-electron chi connectivity index (χ4n) is 1.94. The van der Waals surface area contributed by atoms with E-state index in [4.69, 9.17) is 0 Å². The molecule has 3 nitrogen and oxygen atoms in total. The van der Waals surface area contributed by atoms with E-state index in [9.17, 15) is 4.79 Å². The Morgan fingerprint density at radius 3 is 2.50 bits per heavy atom. The standard InChI is InChI=1S/C15H18N2O/c1-4-15(18)14-9-16-17(12(14)3)10-13-7-5-11(2)6-8-13/h5-9H,4,10H2,1-3H3. The van der Waals surface area contributed by atoms with Gasteiger partial charge in [-0.05, 0) is 19.4 Å². The second-order valence-electron chi connectivity index (χ2n) is 4.56. The predicted octanol–water partition coefficient (Wildman–Crippen LogP) is 3.14. The molecule has 0 spiro atoms. The minimum absolute atomic E-state index is 0.155. The Kier molecular flexibility index (Phi) is 3.60. The minimum Gasteiger partial charge on any atom is -0.294 e. The molecular weight excluding hydrogens is 224 g/mol. The first-order valence-electron chi connectivity index (χ1n) is 6.23. The minimum atomic E-state index is 0.155. The van der Waals surface area contributed by atoms with Crippen molar-refractivity contribution >= 4 is 5.78 Å². The molecule has 1 heterocycles. The summed E-state index contributed by atoms with van der Waals surface area (Å²) in [6, 6.07) is 8.37. The third kappa shape index (κ3) is 2.50. The Bertz CT molecular complexity index is 552. The van der Waals surface area contributed by atoms with Crippen LogP contribution >= 0.6 is 0 Å². The van der Waals surface area contributed by atoms with Crippen LogP contribution in [-0.2, 0) is 6.54 Å². The van der Waals surface area contributed by atoms with E-state index in [0.29, 0.717) is 13.0 Å². The molecule has 0 aliphatic carbocycles. The lowest BCUT2D eigenvalue weighted by molar-refractivity contribution is 0.0987. The van der Waals surface area contributed by atoms with Crippen LogP contribution in [0.2, 0.25) is 0 Å². The van der Waals surface area contributed by atoms with Crippen molar-refractivity contribution in [1.29, 1.82) is 0 Å². The molecule has 0 atom stereocenters. The highest BCUT2D eigenvalue weighted by Gasteiger charge is 2.12. The van der Waals surface area contributed by atoms with E-state index in [2.05, 4.69) is 36.3 Å². The molecule has 0 aliphatic heterocycles. The van der Waals surface area contributed by atoms with Gasteiger partial charge in [0.2, 0.25) is 0 Å². The Hall–Kier alpha value is -1.90. The Morgan fingerprint density at radius 2 is 1.89 bits per heavy atom. The Morgan fingerprint density at radius 1 is 1.22 bits per heavy atom. The molecule has 0 saturated carbocycles. The average Bonchev–Trinajstić information content (AvgIpc) is 2.73. The van der Waals surface area contributed by atoms with Gasteiger partial charge in [-0.2, -0.15) is 5.10 Å². The van der Waals surface area contributed by atoms with Crippen LogP contribution in [0, 0.1) is 13.8 Å². The number of ketones is 1. The van der Waals surface area contributed by atoms with Crippen LogP contribution in [-0.4, -0.2) is 15.6 Å². The summed E-state index contributed by atoms with van der Waals surface area (Å²) in [5, 5.41) is 4.30. The second kappa shape index (κ2) is 5.17. The first kappa shape index (κ1) is 12.6. The molecule has 1 aromatic heterocycles. The SMILES string of the molecule is CCC(=O)c1cnn(Cc2ccc(C)cc2)c1C. The molecule has 94 valence electrons. The molecule has 2 aromatic rings. The van der Waals surface area contributed by atoms with Crippen LogP contribution in [0.4, 0.5) is 0 Å². The number of aromatic nitrogens is 2. The van der Waals surface area contributed by atoms with E-state index < -0.39 is 0 Å². The molecule has 18 heavy (non-hydrogen) atoms. The summed E-state index contributed by atoms with van der Waals surface area (Å²) in [6.45, 7) is 6.60. The van der Waals surface area contributed by atoms with Gasteiger partial charge >= 0.3 is 0 Å². The van der Waals surface area contributed by atoms with Gasteiger partial charge in [0.05, 0.1) is 18.3 Å². The maximum atomic E-state index is 11.7. The smallest absolute Gasteiger partial charge is 0.166 e. The summed E-state index contributed by atoms with van der Waals surface area (Å²) in [4.78, 5) is 11.7. The molecule has 0 fully saturated rings. The number of hydrogen-bond acceptors (Lipinski definition) is 2. The highest BCUT2D eigenvalue weighted by Crippen LogP contribution is 2.12. The number of hydrogen-bond donors (Lipinski definition) is 0. The second-order valence-corrected chi connectivity index (χ2v) is 4.56. The molecule has 0 radical (unpaired) electrons. The van der Waals surface area contributed by atoms with Crippen LogP contribution < -0.4 is 0 Å². The van der Waals surface area contributed by atoms with Gasteiger partial charge in [0.1, 0.15) is 0 Å². The predicted molar refractivity (Wildman–Crippen MR) is 71.9 cm³/mol. The van der Waals surface area contributed by atoms with E-state index in [1.807, 2.05) is 18.5 Å². The monoisotopic (exact) mass is 242 g/mol. The van der Waals surface area contributed by atoms with Crippen molar-refractivity contribution in [3.63, 3.8) is 0 Å². The molecule has 3 heteroatoms. The van der Waals surface area contributed by atoms with Crippen molar-refractivity contribution in [2.24, 2.45) is 0 Å². The van der Waals surface area contributed by atoms with Gasteiger partial charge in [-0.25, -0.2) is 0 Å². The van der Waals surface area contributed by atoms with Gasteiger partial charge in [0.25, 0.3) is 0 Å². The largest absolute Gasteiger partial charge is 0.294 e. The zero-order chi connectivity index (χ0) is 13.1. The Labute approximate surface area is 107 Å². The fraction of sp³-hybridized carbons (Fsp3) is 0.333. The van der Waals surface area contributed by atoms with Gasteiger partial charge in [0, 0.05) is 12.1 Å². The molecule has 0 saturated heterocycles. The van der Waals surface area contributed by atoms with E-state index >= 15 is 0 Å². The van der Waals surface area contributed by atoms with Gasteiger partial charge in [-0.3, -0.25) is 9.48 Å². The van der Waals surface area contributed by atoms with Crippen LogP contribution in [0.1, 0.15) is 40.5 Å². The van der Waals surface area contributed by atoms with Crippen molar-refractivity contribution in [3.8, 4) is 0 Å². The molecule has 0 aliphatic rings. The molecular formula is C15H18N2O. The van der Waals surface area contributed by atoms with E-state index in [-0.39, 0.29) is 5.78 Å². The van der Waals surface area contributed by atoms with Gasteiger partial charge < -0.3 is 0 Å². The van der Waals surface area contributed by atoms with E-state index in [0.717, 1.165) is 11.3 Å². The molecule has 0 unspecified atom stereocenters. The maximum absolute atomic E-state index is 11.7. The summed E-state index contributed by atoms with van der Waals surface area (Å²) < 4.78 is 1.88. The molecule has 1 aromatic carbocycles. The number of Topliss-reactive ketones (excluding diaryl/α,β-unsaturated/α-hetero) is 1. The Balaban J connectivity index is 2.22. The van der Waals surface area contributed by atoms with Crippen molar-refractivity contribution < 1.29 is 4.79 Å². The van der Waals surface area contributed by atoms with Crippen molar-refractivity contribution in [3.05, 3.63) is 52.8 Å². The van der Waals surface area contributed by atoms with Crippen LogP contribution in [0.5, 0.6) is 0 Å². The van der Waals surface area contributed by atoms with Crippen molar-refractivity contribution in [2.45, 2.75) is 33.7 Å². The topological polar surface area (TPSA) is 34.9 Å². The molecule has 0 N–H and O–H groups in total. The van der Waals surface area contributed by atoms with Gasteiger partial charge in [0.15, 0.2) is 5.78 Å². The third-order valence-electron chi connectivity index (χ3n) is 3.18. The molecule has 0 bridgehead atoms. The average molecular weight is 242 g/mol. The first-order chi connectivity index (χ1) is 8.61. The summed E-state index contributed by atoms with van der Waals surface area (Å²) in [5.41, 5.74) is 4.13. The molecule has 2 rings (SSSR count). The lowest BCUT2D eigenvalue weighted by atomic mass is 10.1. The summed E-state index contributed by atoms with van der Waals surface area (Å²) >= 11 is 0. The highest BCUT2D eigenvalue weighted by atomic mass is 16.1. The first-order valence-corrected chi connectivity index (χ1v) is 6.23. The quantitative estimate of drug-likeness (QED) is 0.772. The summed E-state index contributed by atoms with van der Waals surface area (Å²) in [5.74, 6) is 0.155. The number of nitrogens with zero attached hydrogens (tertiary/aromatic N) is 2. The van der Waals surface area contributed by atoms with E-state index in [1.165, 1.54) is 11.1 Å². The highest BCUT2D eigenvalue weighted by molar-refractivity contribution is 5.96. The third-order valence-corrected chi connectivity index (χ3v) is 3.18. The van der Waals surface area contributed by atoms with Gasteiger partial charge in [-0.15, -0.1) is 0 Å². The zero-order valence-corrected chi connectivity index (χ0v) is 11.1.